The van der Waals surface area contributed by atoms with Crippen molar-refractivity contribution in [2.24, 2.45) is 0 Å². The van der Waals surface area contributed by atoms with Gasteiger partial charge in [-0.3, -0.25) is 0 Å². The van der Waals surface area contributed by atoms with Crippen molar-refractivity contribution in [2.75, 3.05) is 0 Å². The van der Waals surface area contributed by atoms with Crippen LogP contribution < -0.4 is 21.2 Å². The van der Waals surface area contributed by atoms with Gasteiger partial charge in [0.25, 0.3) is 0 Å². The van der Waals surface area contributed by atoms with Crippen molar-refractivity contribution in [2.45, 2.75) is 57.8 Å². The molecule has 3 aliphatic rings. The molecule has 316 valence electrons. The fourth-order valence-electron chi connectivity index (χ4n) is 10.0. The van der Waals surface area contributed by atoms with E-state index < -0.39 is 21.3 Å². The summed E-state index contributed by atoms with van der Waals surface area (Å²) in [4.78, 5) is 0. The Labute approximate surface area is 383 Å². The van der Waals surface area contributed by atoms with Crippen LogP contribution in [-0.2, 0) is 18.0 Å². The number of fused-ring (bicyclic) bond motifs is 5. The highest BCUT2D eigenvalue weighted by atomic mass is 31.1. The molecule has 64 heavy (non-hydrogen) atoms. The molecule has 0 radical (unpaired) electrons. The molecule has 0 saturated carbocycles. The molecule has 11 rings (SSSR count). The standard InChI is InChI=1S/C57H45NP2.2C2H6/c1-2-7-20-45(19-6-1)59(46-21-8-3-9-22-46)41-42-33-35-43(36-34-42)57(44-37-39-49(40-38-44)60(47-23-10-4-11-24-47)48-25-12-5-13-26-48)52-29-15-17-32-55(52)58-54-31-16-14-27-50(54)51-28-18-30-53(57)56(51)58;2*1-2/h1-13,15-26,28-40,45H,14,27,41H2;2*1-2H3. The SMILES string of the molecule is C1=CC=CC(P(Cc2ccc(C3(c4ccc(P(c5ccccc5)c5ccccc5)cc4)c4ccccc4-n4c5c(c6cccc3c64)CCC=C5)cc2)c2ccccc2)C=C1.CC.CC. The van der Waals surface area contributed by atoms with Crippen LogP contribution >= 0.6 is 15.8 Å². The van der Waals surface area contributed by atoms with Crippen LogP contribution in [0.3, 0.4) is 0 Å². The smallest absolute Gasteiger partial charge is 0.0742 e. The van der Waals surface area contributed by atoms with Crippen LogP contribution in [0.4, 0.5) is 0 Å². The second-order valence-electron chi connectivity index (χ2n) is 16.0. The van der Waals surface area contributed by atoms with E-state index in [0.717, 1.165) is 19.0 Å². The lowest BCUT2D eigenvalue weighted by Gasteiger charge is -2.42. The fraction of sp³-hybridized carbons (Fsp3) is 0.148. The lowest BCUT2D eigenvalue weighted by atomic mass is 9.63. The van der Waals surface area contributed by atoms with Gasteiger partial charge >= 0.3 is 0 Å². The Morgan fingerprint density at radius 2 is 1.05 bits per heavy atom. The van der Waals surface area contributed by atoms with Gasteiger partial charge in [-0.05, 0) is 93.7 Å². The summed E-state index contributed by atoms with van der Waals surface area (Å²) in [6, 6.07) is 69.1. The molecular weight excluding hydrogens is 809 g/mol. The lowest BCUT2D eigenvalue weighted by molar-refractivity contribution is 0.723. The number of benzene rings is 7. The van der Waals surface area contributed by atoms with E-state index in [0.29, 0.717) is 5.66 Å². The Balaban J connectivity index is 0.00000126. The van der Waals surface area contributed by atoms with Gasteiger partial charge in [0.05, 0.1) is 16.6 Å². The molecule has 0 bridgehead atoms. The van der Waals surface area contributed by atoms with Gasteiger partial charge in [-0.1, -0.05) is 254 Å². The predicted octanol–water partition coefficient (Wildman–Crippen LogP) is 14.5. The van der Waals surface area contributed by atoms with E-state index in [1.54, 1.807) is 0 Å². The van der Waals surface area contributed by atoms with Gasteiger partial charge in [-0.15, -0.1) is 0 Å². The second kappa shape index (κ2) is 19.7. The Hall–Kier alpha value is -6.10. The molecule has 0 saturated heterocycles. The summed E-state index contributed by atoms with van der Waals surface area (Å²) in [6.07, 6.45) is 21.4. The molecule has 0 spiro atoms. The molecule has 2 aliphatic carbocycles. The summed E-state index contributed by atoms with van der Waals surface area (Å²) in [5, 5.41) is 6.90. The Morgan fingerprint density at radius 1 is 0.516 bits per heavy atom. The van der Waals surface area contributed by atoms with E-state index in [9.17, 15) is 0 Å². The monoisotopic (exact) mass is 865 g/mol. The summed E-state index contributed by atoms with van der Waals surface area (Å²) < 4.78 is 2.58. The lowest BCUT2D eigenvalue weighted by Crippen LogP contribution is -2.36. The molecule has 1 aromatic heterocycles. The molecule has 2 atom stereocenters. The van der Waals surface area contributed by atoms with Crippen molar-refractivity contribution >= 4 is 54.0 Å². The third-order valence-electron chi connectivity index (χ3n) is 12.6. The van der Waals surface area contributed by atoms with E-state index in [1.807, 2.05) is 27.7 Å². The summed E-state index contributed by atoms with van der Waals surface area (Å²) in [5.41, 5.74) is 11.9. The molecule has 2 heterocycles. The first-order valence-electron chi connectivity index (χ1n) is 23.2. The number of para-hydroxylation sites is 2. The predicted molar refractivity (Wildman–Crippen MR) is 282 cm³/mol. The molecule has 0 fully saturated rings. The summed E-state index contributed by atoms with van der Waals surface area (Å²) >= 11 is 0. The second-order valence-corrected chi connectivity index (χ2v) is 20.6. The van der Waals surface area contributed by atoms with E-state index in [1.165, 1.54) is 76.9 Å². The summed E-state index contributed by atoms with van der Waals surface area (Å²) in [5.74, 6) is 0. The molecule has 3 heteroatoms. The highest BCUT2D eigenvalue weighted by Crippen LogP contribution is 2.55. The number of hydrogen-bond donors (Lipinski definition) is 0. The minimum Gasteiger partial charge on any atom is -0.309 e. The molecule has 7 aromatic carbocycles. The highest BCUT2D eigenvalue weighted by Gasteiger charge is 2.45. The number of allylic oxidation sites excluding steroid dienone is 7. The maximum absolute atomic E-state index is 2.58. The van der Waals surface area contributed by atoms with Gasteiger partial charge < -0.3 is 4.57 Å². The highest BCUT2D eigenvalue weighted by molar-refractivity contribution is 7.79. The molecule has 1 nitrogen and oxygen atoms in total. The van der Waals surface area contributed by atoms with Crippen LogP contribution in [0.15, 0.2) is 225 Å². The first kappa shape index (κ1) is 43.2. The number of aryl methyl sites for hydroxylation is 1. The Bertz CT molecular complexity index is 2880. The van der Waals surface area contributed by atoms with Crippen LogP contribution in [0.2, 0.25) is 0 Å². The number of rotatable bonds is 9. The first-order chi connectivity index (χ1) is 31.8. The molecular formula is C61H57NP2. The van der Waals surface area contributed by atoms with Crippen LogP contribution in [0.1, 0.15) is 73.2 Å². The Morgan fingerprint density at radius 3 is 1.67 bits per heavy atom. The summed E-state index contributed by atoms with van der Waals surface area (Å²) in [6.45, 7) is 8.00. The van der Waals surface area contributed by atoms with Crippen molar-refractivity contribution < 1.29 is 0 Å². The quantitative estimate of drug-likeness (QED) is 0.127. The molecule has 1 aliphatic heterocycles. The van der Waals surface area contributed by atoms with Gasteiger partial charge in [0.2, 0.25) is 0 Å². The number of hydrogen-bond acceptors (Lipinski definition) is 0. The maximum Gasteiger partial charge on any atom is 0.0742 e. The minimum atomic E-state index is -0.738. The molecule has 8 aromatic rings. The zero-order valence-electron chi connectivity index (χ0n) is 37.5. The van der Waals surface area contributed by atoms with Crippen LogP contribution in [0.5, 0.6) is 0 Å². The third kappa shape index (κ3) is 7.81. The zero-order chi connectivity index (χ0) is 43.9. The van der Waals surface area contributed by atoms with Crippen molar-refractivity contribution in [3.8, 4) is 5.69 Å². The van der Waals surface area contributed by atoms with E-state index in [2.05, 4.69) is 235 Å². The van der Waals surface area contributed by atoms with Gasteiger partial charge in [0, 0.05) is 16.7 Å². The van der Waals surface area contributed by atoms with Crippen molar-refractivity contribution in [1.29, 1.82) is 0 Å². The van der Waals surface area contributed by atoms with Crippen molar-refractivity contribution in [3.05, 3.63) is 264 Å². The van der Waals surface area contributed by atoms with Gasteiger partial charge in [-0.25, -0.2) is 0 Å². The van der Waals surface area contributed by atoms with Crippen LogP contribution in [-0.4, -0.2) is 10.2 Å². The van der Waals surface area contributed by atoms with Gasteiger partial charge in [0.1, 0.15) is 0 Å². The fourth-order valence-corrected chi connectivity index (χ4v) is 14.8. The molecule has 0 amide bonds. The third-order valence-corrected chi connectivity index (χ3v) is 17.8. The summed E-state index contributed by atoms with van der Waals surface area (Å²) in [7, 11) is -1.26. The average molecular weight is 866 g/mol. The van der Waals surface area contributed by atoms with Crippen molar-refractivity contribution in [1.82, 2.24) is 4.57 Å². The van der Waals surface area contributed by atoms with Crippen LogP contribution in [0.25, 0.3) is 22.7 Å². The number of aromatic nitrogens is 1. The first-order valence-corrected chi connectivity index (χ1v) is 26.1. The van der Waals surface area contributed by atoms with E-state index in [4.69, 9.17) is 0 Å². The largest absolute Gasteiger partial charge is 0.309 e. The van der Waals surface area contributed by atoms with E-state index >= 15 is 0 Å². The van der Waals surface area contributed by atoms with E-state index in [-0.39, 0.29) is 0 Å². The van der Waals surface area contributed by atoms with Crippen LogP contribution in [0, 0.1) is 0 Å². The normalized spacial score (nSPS) is 16.2. The minimum absolute atomic E-state index is 0.370. The van der Waals surface area contributed by atoms with Crippen molar-refractivity contribution in [3.63, 3.8) is 0 Å². The molecule has 2 unspecified atom stereocenters. The Kier molecular flexibility index (Phi) is 13.3. The maximum atomic E-state index is 2.58. The molecule has 0 N–H and O–H groups in total. The van der Waals surface area contributed by atoms with Gasteiger partial charge in [-0.2, -0.15) is 0 Å². The average Bonchev–Trinajstić information content (AvgIpc) is 3.49. The zero-order valence-corrected chi connectivity index (χ0v) is 39.3. The van der Waals surface area contributed by atoms with Gasteiger partial charge in [0.15, 0.2) is 0 Å². The topological polar surface area (TPSA) is 4.93 Å². The number of nitrogens with zero attached hydrogens (tertiary/aromatic N) is 1.